The van der Waals surface area contributed by atoms with Crippen molar-refractivity contribution in [2.24, 2.45) is 5.92 Å². The molecule has 3 rings (SSSR count). The number of hydrogen-bond donors (Lipinski definition) is 1. The van der Waals surface area contributed by atoms with Crippen molar-refractivity contribution in [1.82, 2.24) is 14.7 Å². The summed E-state index contributed by atoms with van der Waals surface area (Å²) in [5.41, 5.74) is 3.73. The van der Waals surface area contributed by atoms with Gasteiger partial charge in [0.1, 0.15) is 0 Å². The van der Waals surface area contributed by atoms with Crippen LogP contribution in [0.5, 0.6) is 0 Å². The van der Waals surface area contributed by atoms with Gasteiger partial charge in [0.2, 0.25) is 0 Å². The van der Waals surface area contributed by atoms with Crippen LogP contribution in [-0.4, -0.2) is 39.0 Å². The van der Waals surface area contributed by atoms with Crippen molar-refractivity contribution in [3.05, 3.63) is 17.0 Å². The summed E-state index contributed by atoms with van der Waals surface area (Å²) in [6.45, 7) is 7.30. The Morgan fingerprint density at radius 3 is 2.78 bits per heavy atom. The largest absolute Gasteiger partial charge is 0.394 e. The topological polar surface area (TPSA) is 41.3 Å². The van der Waals surface area contributed by atoms with Crippen molar-refractivity contribution in [2.75, 3.05) is 13.2 Å². The zero-order valence-corrected chi connectivity index (χ0v) is 11.4. The molecule has 0 amide bonds. The SMILES string of the molecule is Cc1nn(CCO)c(C)c1CN1CC2CCC1C2. The second-order valence-electron chi connectivity index (χ2n) is 5.86. The summed E-state index contributed by atoms with van der Waals surface area (Å²) in [6.07, 6.45) is 4.22. The number of piperidine rings is 1. The highest BCUT2D eigenvalue weighted by Crippen LogP contribution is 2.38. The first-order valence-corrected chi connectivity index (χ1v) is 7.07. The number of aromatic nitrogens is 2. The van der Waals surface area contributed by atoms with Crippen LogP contribution in [0.3, 0.4) is 0 Å². The third kappa shape index (κ3) is 1.97. The van der Waals surface area contributed by atoms with Crippen molar-refractivity contribution < 1.29 is 5.11 Å². The van der Waals surface area contributed by atoms with Gasteiger partial charge in [-0.2, -0.15) is 5.10 Å². The number of nitrogens with zero attached hydrogens (tertiary/aromatic N) is 3. The van der Waals surface area contributed by atoms with Crippen LogP contribution in [0.15, 0.2) is 0 Å². The van der Waals surface area contributed by atoms with E-state index in [0.29, 0.717) is 6.54 Å². The fourth-order valence-corrected chi connectivity index (χ4v) is 3.70. The highest BCUT2D eigenvalue weighted by molar-refractivity contribution is 5.25. The van der Waals surface area contributed by atoms with Crippen molar-refractivity contribution in [2.45, 2.75) is 52.2 Å². The normalized spacial score (nSPS) is 27.3. The van der Waals surface area contributed by atoms with Crippen LogP contribution in [0.1, 0.15) is 36.2 Å². The van der Waals surface area contributed by atoms with Gasteiger partial charge in [0.25, 0.3) is 0 Å². The summed E-state index contributed by atoms with van der Waals surface area (Å²) in [5.74, 6) is 0.947. The van der Waals surface area contributed by atoms with Gasteiger partial charge in [-0.3, -0.25) is 9.58 Å². The molecule has 2 fully saturated rings. The zero-order valence-electron chi connectivity index (χ0n) is 11.4. The van der Waals surface area contributed by atoms with Crippen LogP contribution in [0, 0.1) is 19.8 Å². The van der Waals surface area contributed by atoms with Gasteiger partial charge < -0.3 is 5.11 Å². The van der Waals surface area contributed by atoms with Crippen molar-refractivity contribution in [3.63, 3.8) is 0 Å². The van der Waals surface area contributed by atoms with Gasteiger partial charge in [0.15, 0.2) is 0 Å². The molecule has 0 aromatic carbocycles. The minimum absolute atomic E-state index is 0.163. The van der Waals surface area contributed by atoms with E-state index < -0.39 is 0 Å². The Balaban J connectivity index is 1.76. The van der Waals surface area contributed by atoms with Gasteiger partial charge in [-0.05, 0) is 39.0 Å². The number of hydrogen-bond acceptors (Lipinski definition) is 3. The standard InChI is InChI=1S/C14H23N3O/c1-10-14(11(2)17(15-10)5-6-18)9-16-8-12-3-4-13(16)7-12/h12-13,18H,3-9H2,1-2H3. The molecule has 1 N–H and O–H groups in total. The minimum Gasteiger partial charge on any atom is -0.394 e. The van der Waals surface area contributed by atoms with Crippen molar-refractivity contribution in [1.29, 1.82) is 0 Å². The quantitative estimate of drug-likeness (QED) is 0.878. The van der Waals surface area contributed by atoms with E-state index in [1.54, 1.807) is 0 Å². The molecule has 1 saturated heterocycles. The molecular weight excluding hydrogens is 226 g/mol. The minimum atomic E-state index is 0.163. The third-order valence-corrected chi connectivity index (χ3v) is 4.73. The molecule has 1 aromatic heterocycles. The average molecular weight is 249 g/mol. The predicted molar refractivity (Wildman–Crippen MR) is 70.3 cm³/mol. The lowest BCUT2D eigenvalue weighted by Gasteiger charge is -2.26. The fourth-order valence-electron chi connectivity index (χ4n) is 3.70. The molecule has 1 aliphatic carbocycles. The van der Waals surface area contributed by atoms with Gasteiger partial charge in [-0.25, -0.2) is 0 Å². The molecule has 2 aliphatic rings. The highest BCUT2D eigenvalue weighted by Gasteiger charge is 2.37. The number of likely N-dealkylation sites (tertiary alicyclic amines) is 1. The summed E-state index contributed by atoms with van der Waals surface area (Å²) in [5, 5.41) is 13.6. The van der Waals surface area contributed by atoms with E-state index in [-0.39, 0.29) is 6.61 Å². The van der Waals surface area contributed by atoms with E-state index >= 15 is 0 Å². The summed E-state index contributed by atoms with van der Waals surface area (Å²) >= 11 is 0. The summed E-state index contributed by atoms with van der Waals surface area (Å²) in [6, 6.07) is 0.815. The van der Waals surface area contributed by atoms with Crippen molar-refractivity contribution in [3.8, 4) is 0 Å². The molecule has 18 heavy (non-hydrogen) atoms. The monoisotopic (exact) mass is 249 g/mol. The molecule has 1 saturated carbocycles. The lowest BCUT2D eigenvalue weighted by Crippen LogP contribution is -2.31. The van der Waals surface area contributed by atoms with Gasteiger partial charge in [0.05, 0.1) is 18.8 Å². The third-order valence-electron chi connectivity index (χ3n) is 4.73. The molecule has 2 heterocycles. The molecule has 1 aliphatic heterocycles. The molecule has 0 radical (unpaired) electrons. The van der Waals surface area contributed by atoms with E-state index in [1.165, 1.54) is 37.1 Å². The predicted octanol–water partition coefficient (Wildman–Crippen LogP) is 1.48. The zero-order chi connectivity index (χ0) is 12.7. The number of fused-ring (bicyclic) bond motifs is 2. The van der Waals surface area contributed by atoms with Crippen LogP contribution in [0.4, 0.5) is 0 Å². The van der Waals surface area contributed by atoms with Gasteiger partial charge in [0, 0.05) is 30.4 Å². The van der Waals surface area contributed by atoms with E-state index in [2.05, 4.69) is 23.8 Å². The van der Waals surface area contributed by atoms with E-state index in [1.807, 2.05) is 4.68 Å². The fraction of sp³-hybridized carbons (Fsp3) is 0.786. The van der Waals surface area contributed by atoms with Crippen molar-refractivity contribution >= 4 is 0 Å². The Bertz CT molecular complexity index is 440. The van der Waals surface area contributed by atoms with E-state index in [9.17, 15) is 0 Å². The Morgan fingerprint density at radius 1 is 1.33 bits per heavy atom. The van der Waals surface area contributed by atoms with Gasteiger partial charge in [-0.15, -0.1) is 0 Å². The molecule has 2 unspecified atom stereocenters. The first-order valence-electron chi connectivity index (χ1n) is 7.07. The lowest BCUT2D eigenvalue weighted by atomic mass is 10.1. The second-order valence-corrected chi connectivity index (χ2v) is 5.86. The molecule has 4 nitrogen and oxygen atoms in total. The molecule has 2 bridgehead atoms. The van der Waals surface area contributed by atoms with Crippen LogP contribution in [0.25, 0.3) is 0 Å². The number of aliphatic hydroxyl groups excluding tert-OH is 1. The molecule has 2 atom stereocenters. The highest BCUT2D eigenvalue weighted by atomic mass is 16.3. The number of rotatable bonds is 4. The van der Waals surface area contributed by atoms with Gasteiger partial charge in [-0.1, -0.05) is 0 Å². The number of aliphatic hydroxyl groups is 1. The number of aryl methyl sites for hydroxylation is 1. The average Bonchev–Trinajstić information content (AvgIpc) is 3.01. The first kappa shape index (κ1) is 12.2. The maximum Gasteiger partial charge on any atom is 0.0644 e. The Kier molecular flexibility index (Phi) is 3.16. The Labute approximate surface area is 109 Å². The maximum atomic E-state index is 9.04. The van der Waals surface area contributed by atoms with Crippen LogP contribution >= 0.6 is 0 Å². The Hall–Kier alpha value is -0.870. The molecule has 100 valence electrons. The summed E-state index contributed by atoms with van der Waals surface area (Å²) in [4.78, 5) is 2.63. The van der Waals surface area contributed by atoms with Crippen LogP contribution in [-0.2, 0) is 13.1 Å². The van der Waals surface area contributed by atoms with Crippen LogP contribution < -0.4 is 0 Å². The van der Waals surface area contributed by atoms with Crippen LogP contribution in [0.2, 0.25) is 0 Å². The second kappa shape index (κ2) is 4.67. The first-order chi connectivity index (χ1) is 8.69. The Morgan fingerprint density at radius 2 is 2.17 bits per heavy atom. The lowest BCUT2D eigenvalue weighted by molar-refractivity contribution is 0.204. The maximum absolute atomic E-state index is 9.04. The molecular formula is C14H23N3O. The smallest absolute Gasteiger partial charge is 0.0644 e. The molecule has 0 spiro atoms. The summed E-state index contributed by atoms with van der Waals surface area (Å²) in [7, 11) is 0. The molecule has 4 heteroatoms. The van der Waals surface area contributed by atoms with E-state index in [0.717, 1.165) is 24.2 Å². The van der Waals surface area contributed by atoms with E-state index in [4.69, 9.17) is 5.11 Å². The van der Waals surface area contributed by atoms with Gasteiger partial charge >= 0.3 is 0 Å². The molecule has 1 aromatic rings. The summed E-state index contributed by atoms with van der Waals surface area (Å²) < 4.78 is 1.94.